The van der Waals surface area contributed by atoms with Gasteiger partial charge in [-0.1, -0.05) is 48.5 Å². The van der Waals surface area contributed by atoms with Crippen LogP contribution in [-0.2, 0) is 32.0 Å². The fourth-order valence-electron chi connectivity index (χ4n) is 8.29. The van der Waals surface area contributed by atoms with Crippen molar-refractivity contribution in [2.75, 3.05) is 52.5 Å². The minimum absolute atomic E-state index is 0.000771. The van der Waals surface area contributed by atoms with Gasteiger partial charge >= 0.3 is 6.18 Å². The Morgan fingerprint density at radius 2 is 1.49 bits per heavy atom. The summed E-state index contributed by atoms with van der Waals surface area (Å²) in [5, 5.41) is 27.2. The standard InChI is InChI=1S/C37H41F3N6O6.C11H10N2O3/c38-37(39,40)22-43-36(50)30-20-45(19-28-10-11-32(52-28)26-16-41-23-42-17-26)12-13-46(30)18-27(47)15-25(14-24-6-2-1-3-7-24)35(49)44-34-29-8-4-5-9-33(29)51-21-31(34)48;1-2-10(11-14-3-4-15-11)16-9(1)8-5-12-7-13-6-8/h1-11,16-17,23,25,27,30-31,34,47-48H,12-15,18-22H2,(H,43,50)(H,44,49);1-2,5-7,11H,3-4H2/t25-,27+,30+,31-,34+;/m1./s1. The number of carbonyl (C=O) groups excluding carboxylic acids is 2. The number of amides is 2. The highest BCUT2D eigenvalue weighted by atomic mass is 19.4. The third-order valence-corrected chi connectivity index (χ3v) is 11.6. The van der Waals surface area contributed by atoms with Crippen LogP contribution in [0.25, 0.3) is 22.6 Å². The molecule has 2 fully saturated rings. The number of para-hydroxylation sites is 1. The molecular weight excluding hydrogens is 890 g/mol. The number of nitrogens with one attached hydrogen (secondary N) is 2. The molecule has 0 bridgehead atoms. The zero-order valence-corrected chi connectivity index (χ0v) is 36.8. The number of piperazine rings is 1. The lowest BCUT2D eigenvalue weighted by Gasteiger charge is -2.41. The molecule has 0 saturated carbocycles. The van der Waals surface area contributed by atoms with Gasteiger partial charge in [0.05, 0.1) is 43.0 Å². The summed E-state index contributed by atoms with van der Waals surface area (Å²) in [7, 11) is 0. The van der Waals surface area contributed by atoms with E-state index in [0.717, 1.165) is 16.9 Å². The molecule has 5 atom stereocenters. The number of benzene rings is 2. The number of nitrogens with zero attached hydrogens (tertiary/aromatic N) is 6. The highest BCUT2D eigenvalue weighted by Crippen LogP contribution is 2.33. The fraction of sp³-hybridized carbons (Fsp3) is 0.375. The molecule has 0 spiro atoms. The maximum Gasteiger partial charge on any atom is 0.405 e. The second kappa shape index (κ2) is 22.5. The van der Waals surface area contributed by atoms with Crippen molar-refractivity contribution in [2.45, 2.75) is 56.1 Å². The molecule has 17 nitrogen and oxygen atoms in total. The number of halogens is 3. The molecule has 4 aromatic heterocycles. The number of furan rings is 2. The molecule has 2 aromatic carbocycles. The first-order valence-corrected chi connectivity index (χ1v) is 22.1. The molecule has 6 aromatic rings. The van der Waals surface area contributed by atoms with Crippen molar-refractivity contribution in [3.8, 4) is 28.4 Å². The van der Waals surface area contributed by atoms with Crippen LogP contribution >= 0.6 is 0 Å². The Morgan fingerprint density at radius 3 is 2.19 bits per heavy atom. The molecular formula is C48H51F3N8O9. The number of hydrogen-bond donors (Lipinski definition) is 4. The molecule has 3 aliphatic heterocycles. The number of carbonyl (C=O) groups is 2. The van der Waals surface area contributed by atoms with Crippen molar-refractivity contribution in [3.63, 3.8) is 0 Å². The molecule has 9 rings (SSSR count). The Kier molecular flexibility index (Phi) is 15.9. The van der Waals surface area contributed by atoms with Crippen molar-refractivity contribution in [2.24, 2.45) is 5.92 Å². The molecule has 0 unspecified atom stereocenters. The summed E-state index contributed by atoms with van der Waals surface area (Å²) in [6, 6.07) is 22.0. The Balaban J connectivity index is 0.000000326. The van der Waals surface area contributed by atoms with Crippen molar-refractivity contribution in [1.82, 2.24) is 40.4 Å². The Labute approximate surface area is 389 Å². The predicted molar refractivity (Wildman–Crippen MR) is 237 cm³/mol. The number of aliphatic hydroxyl groups is 2. The SMILES string of the molecule is O=C(N[C@H]1c2ccccc2OC[C@H]1O)[C@H](Cc1ccccc1)C[C@H](O)CN1CCN(Cc2ccc(-c3cncnc3)o2)C[C@H]1C(=O)NCC(F)(F)F.c1ncc(-c2ccc(C3OCCO3)o2)cn1. The molecule has 20 heteroatoms. The topological polar surface area (TPSA) is 211 Å². The van der Waals surface area contributed by atoms with Crippen molar-refractivity contribution in [3.05, 3.63) is 139 Å². The average molecular weight is 941 g/mol. The molecule has 7 heterocycles. The highest BCUT2D eigenvalue weighted by molar-refractivity contribution is 5.82. The number of hydrogen-bond acceptors (Lipinski definition) is 15. The van der Waals surface area contributed by atoms with Gasteiger partial charge < -0.3 is 43.9 Å². The minimum atomic E-state index is -4.60. The molecule has 68 heavy (non-hydrogen) atoms. The van der Waals surface area contributed by atoms with Crippen LogP contribution in [0.1, 0.15) is 41.4 Å². The number of aliphatic hydroxyl groups excluding tert-OH is 2. The van der Waals surface area contributed by atoms with Gasteiger partial charge in [0.25, 0.3) is 0 Å². The van der Waals surface area contributed by atoms with E-state index in [9.17, 15) is 33.0 Å². The van der Waals surface area contributed by atoms with E-state index < -0.39 is 48.8 Å². The summed E-state index contributed by atoms with van der Waals surface area (Å²) in [4.78, 5) is 46.6. The number of alkyl halides is 3. The van der Waals surface area contributed by atoms with E-state index in [1.54, 1.807) is 66.1 Å². The van der Waals surface area contributed by atoms with Crippen LogP contribution in [0.2, 0.25) is 0 Å². The van der Waals surface area contributed by atoms with E-state index in [1.165, 1.54) is 12.7 Å². The van der Waals surface area contributed by atoms with Gasteiger partial charge in [-0.05, 0) is 48.7 Å². The quantitative estimate of drug-likeness (QED) is 0.108. The smallest absolute Gasteiger partial charge is 0.405 e. The van der Waals surface area contributed by atoms with Crippen LogP contribution < -0.4 is 15.4 Å². The summed E-state index contributed by atoms with van der Waals surface area (Å²) < 4.78 is 67.2. The van der Waals surface area contributed by atoms with Crippen molar-refractivity contribution >= 4 is 11.8 Å². The molecule has 2 saturated heterocycles. The maximum absolute atomic E-state index is 13.9. The van der Waals surface area contributed by atoms with E-state index in [2.05, 4.69) is 25.3 Å². The fourth-order valence-corrected chi connectivity index (χ4v) is 8.29. The number of aromatic nitrogens is 4. The van der Waals surface area contributed by atoms with Gasteiger partial charge in [-0.3, -0.25) is 19.4 Å². The van der Waals surface area contributed by atoms with Crippen LogP contribution in [0.5, 0.6) is 5.75 Å². The van der Waals surface area contributed by atoms with E-state index in [0.29, 0.717) is 60.5 Å². The largest absolute Gasteiger partial charge is 0.490 e. The number of ether oxygens (including phenoxy) is 3. The van der Waals surface area contributed by atoms with E-state index in [-0.39, 0.29) is 51.3 Å². The van der Waals surface area contributed by atoms with Crippen LogP contribution in [0, 0.1) is 5.92 Å². The second-order valence-corrected chi connectivity index (χ2v) is 16.6. The van der Waals surface area contributed by atoms with Crippen LogP contribution in [0.15, 0.2) is 125 Å². The Hall–Kier alpha value is -6.55. The molecule has 4 N–H and O–H groups in total. The normalized spacial score (nSPS) is 19.8. The summed E-state index contributed by atoms with van der Waals surface area (Å²) in [6.45, 7) is 0.754. The summed E-state index contributed by atoms with van der Waals surface area (Å²) in [6.07, 6.45) is 2.72. The van der Waals surface area contributed by atoms with Gasteiger partial charge in [0.15, 0.2) is 5.76 Å². The third-order valence-electron chi connectivity index (χ3n) is 11.6. The first-order chi connectivity index (χ1) is 33.0. The first kappa shape index (κ1) is 47.9. The molecule has 358 valence electrons. The van der Waals surface area contributed by atoms with Crippen molar-refractivity contribution < 1.29 is 56.0 Å². The lowest BCUT2D eigenvalue weighted by Crippen LogP contribution is -2.60. The van der Waals surface area contributed by atoms with Crippen molar-refractivity contribution in [1.29, 1.82) is 0 Å². The maximum atomic E-state index is 13.9. The number of β-amino-alcohol motifs (C(OH)–C–C–N with tert-alkyl or cyclic N) is 1. The zero-order valence-electron chi connectivity index (χ0n) is 36.8. The van der Waals surface area contributed by atoms with Gasteiger partial charge in [-0.15, -0.1) is 0 Å². The summed E-state index contributed by atoms with van der Waals surface area (Å²) in [5.74, 6) is 1.17. The monoisotopic (exact) mass is 940 g/mol. The number of fused-ring (bicyclic) bond motifs is 1. The average Bonchev–Trinajstić information content (AvgIpc) is 4.17. The molecule has 0 aliphatic carbocycles. The van der Waals surface area contributed by atoms with Gasteiger partial charge in [-0.2, -0.15) is 13.2 Å². The predicted octanol–water partition coefficient (Wildman–Crippen LogP) is 4.90. The lowest BCUT2D eigenvalue weighted by molar-refractivity contribution is -0.143. The lowest BCUT2D eigenvalue weighted by atomic mass is 9.90. The highest BCUT2D eigenvalue weighted by Gasteiger charge is 2.38. The van der Waals surface area contributed by atoms with Crippen LogP contribution in [0.3, 0.4) is 0 Å². The molecule has 2 amide bonds. The number of rotatable bonds is 15. The van der Waals surface area contributed by atoms with Crippen LogP contribution in [-0.4, -0.2) is 129 Å². The summed E-state index contributed by atoms with van der Waals surface area (Å²) in [5.41, 5.74) is 3.03. The molecule has 0 radical (unpaired) electrons. The van der Waals surface area contributed by atoms with Gasteiger partial charge in [0, 0.05) is 62.4 Å². The molecule has 3 aliphatic rings. The summed E-state index contributed by atoms with van der Waals surface area (Å²) >= 11 is 0. The van der Waals surface area contributed by atoms with Crippen LogP contribution in [0.4, 0.5) is 13.2 Å². The van der Waals surface area contributed by atoms with E-state index >= 15 is 0 Å². The first-order valence-electron chi connectivity index (χ1n) is 22.1. The Bertz CT molecular complexity index is 2530. The second-order valence-electron chi connectivity index (χ2n) is 16.6. The minimum Gasteiger partial charge on any atom is -0.490 e. The Morgan fingerprint density at radius 1 is 0.824 bits per heavy atom. The van der Waals surface area contributed by atoms with Gasteiger partial charge in [0.2, 0.25) is 18.1 Å². The van der Waals surface area contributed by atoms with Gasteiger partial charge in [-0.25, -0.2) is 19.9 Å². The van der Waals surface area contributed by atoms with Gasteiger partial charge in [0.1, 0.15) is 61.0 Å². The third kappa shape index (κ3) is 12.9. The zero-order chi connectivity index (χ0) is 47.5. The van der Waals surface area contributed by atoms with E-state index in [4.69, 9.17) is 23.0 Å². The van der Waals surface area contributed by atoms with E-state index in [1.807, 2.05) is 52.7 Å².